The normalized spacial score (nSPS) is 11.5. The number of fused-ring (bicyclic) bond motifs is 1. The monoisotopic (exact) mass is 242 g/mol. The fourth-order valence-corrected chi connectivity index (χ4v) is 2.34. The lowest BCUT2D eigenvalue weighted by molar-refractivity contribution is 0.858. The Bertz CT molecular complexity index is 556. The van der Waals surface area contributed by atoms with E-state index in [2.05, 4.69) is 57.3 Å². The molecule has 0 aliphatic carbocycles. The van der Waals surface area contributed by atoms with E-state index in [1.807, 2.05) is 7.05 Å². The van der Waals surface area contributed by atoms with Crippen molar-refractivity contribution in [1.82, 2.24) is 4.98 Å². The maximum atomic E-state index is 4.82. The number of hydrogen-bond donors (Lipinski definition) is 1. The molecular weight excluding hydrogens is 220 g/mol. The minimum atomic E-state index is 0.479. The van der Waals surface area contributed by atoms with E-state index < -0.39 is 0 Å². The number of nitrogens with zero attached hydrogens (tertiary/aromatic N) is 1. The van der Waals surface area contributed by atoms with Crippen molar-refractivity contribution in [2.75, 3.05) is 12.4 Å². The molecule has 0 saturated heterocycles. The minimum Gasteiger partial charge on any atom is -0.373 e. The van der Waals surface area contributed by atoms with Gasteiger partial charge in [-0.3, -0.25) is 0 Å². The van der Waals surface area contributed by atoms with Gasteiger partial charge in [-0.2, -0.15) is 0 Å². The Morgan fingerprint density at radius 2 is 1.67 bits per heavy atom. The van der Waals surface area contributed by atoms with Crippen LogP contribution in [0.1, 0.15) is 50.7 Å². The average molecular weight is 242 g/mol. The molecule has 2 nitrogen and oxygen atoms in total. The van der Waals surface area contributed by atoms with Crippen molar-refractivity contribution in [3.8, 4) is 0 Å². The number of aromatic nitrogens is 1. The zero-order valence-electron chi connectivity index (χ0n) is 11.9. The van der Waals surface area contributed by atoms with Crippen LogP contribution in [-0.4, -0.2) is 12.0 Å². The number of hydrogen-bond acceptors (Lipinski definition) is 2. The van der Waals surface area contributed by atoms with Crippen molar-refractivity contribution in [2.45, 2.75) is 39.5 Å². The van der Waals surface area contributed by atoms with Gasteiger partial charge in [0.15, 0.2) is 0 Å². The summed E-state index contributed by atoms with van der Waals surface area (Å²) in [6, 6.07) is 8.72. The van der Waals surface area contributed by atoms with Crippen LogP contribution in [0.25, 0.3) is 10.9 Å². The Balaban J connectivity index is 2.74. The Morgan fingerprint density at radius 3 is 2.22 bits per heavy atom. The highest BCUT2D eigenvalue weighted by Gasteiger charge is 2.12. The highest BCUT2D eigenvalue weighted by molar-refractivity contribution is 5.85. The molecule has 0 amide bonds. The third kappa shape index (κ3) is 2.20. The lowest BCUT2D eigenvalue weighted by Gasteiger charge is -2.15. The first kappa shape index (κ1) is 12.9. The third-order valence-electron chi connectivity index (χ3n) is 3.39. The van der Waals surface area contributed by atoms with Gasteiger partial charge in [-0.15, -0.1) is 0 Å². The Hall–Kier alpha value is -1.57. The first-order valence-corrected chi connectivity index (χ1v) is 6.66. The fraction of sp³-hybridized carbons (Fsp3) is 0.438. The van der Waals surface area contributed by atoms with E-state index >= 15 is 0 Å². The van der Waals surface area contributed by atoms with Gasteiger partial charge in [0.2, 0.25) is 0 Å². The van der Waals surface area contributed by atoms with E-state index in [9.17, 15) is 0 Å². The summed E-state index contributed by atoms with van der Waals surface area (Å²) < 4.78 is 0. The quantitative estimate of drug-likeness (QED) is 0.855. The molecule has 2 aromatic rings. The molecule has 1 heterocycles. The van der Waals surface area contributed by atoms with Crippen LogP contribution in [0, 0.1) is 0 Å². The van der Waals surface area contributed by atoms with Crippen molar-refractivity contribution in [3.05, 3.63) is 35.4 Å². The number of nitrogens with one attached hydrogen (secondary N) is 1. The first-order valence-electron chi connectivity index (χ1n) is 6.66. The van der Waals surface area contributed by atoms with Crippen LogP contribution < -0.4 is 5.32 Å². The van der Waals surface area contributed by atoms with E-state index in [1.165, 1.54) is 16.5 Å². The second-order valence-corrected chi connectivity index (χ2v) is 5.40. The van der Waals surface area contributed by atoms with Crippen LogP contribution in [0.3, 0.4) is 0 Å². The van der Waals surface area contributed by atoms with E-state index in [0.29, 0.717) is 11.8 Å². The molecule has 0 saturated carbocycles. The van der Waals surface area contributed by atoms with Crippen molar-refractivity contribution in [2.24, 2.45) is 0 Å². The fourth-order valence-electron chi connectivity index (χ4n) is 2.34. The zero-order valence-corrected chi connectivity index (χ0v) is 11.9. The molecule has 0 aliphatic rings. The molecule has 1 aromatic heterocycles. The molecule has 0 atom stereocenters. The molecule has 96 valence electrons. The van der Waals surface area contributed by atoms with E-state index in [1.54, 1.807) is 0 Å². The topological polar surface area (TPSA) is 24.9 Å². The molecule has 18 heavy (non-hydrogen) atoms. The van der Waals surface area contributed by atoms with Crippen LogP contribution in [0.4, 0.5) is 5.82 Å². The van der Waals surface area contributed by atoms with Crippen LogP contribution in [0.15, 0.2) is 24.3 Å². The predicted octanol–water partition coefficient (Wildman–Crippen LogP) is 4.52. The zero-order chi connectivity index (χ0) is 13.3. The van der Waals surface area contributed by atoms with Crippen LogP contribution in [0.5, 0.6) is 0 Å². The molecule has 0 radical (unpaired) electrons. The number of pyridine rings is 1. The molecule has 2 rings (SSSR count). The highest BCUT2D eigenvalue weighted by Crippen LogP contribution is 2.30. The smallest absolute Gasteiger partial charge is 0.129 e. The summed E-state index contributed by atoms with van der Waals surface area (Å²) in [6.07, 6.45) is 0. The Kier molecular flexibility index (Phi) is 3.55. The third-order valence-corrected chi connectivity index (χ3v) is 3.39. The van der Waals surface area contributed by atoms with Crippen LogP contribution in [-0.2, 0) is 0 Å². The Morgan fingerprint density at radius 1 is 1.00 bits per heavy atom. The summed E-state index contributed by atoms with van der Waals surface area (Å²) in [5, 5.41) is 4.46. The molecule has 0 fully saturated rings. The van der Waals surface area contributed by atoms with E-state index in [0.717, 1.165) is 11.3 Å². The predicted molar refractivity (Wildman–Crippen MR) is 79.5 cm³/mol. The van der Waals surface area contributed by atoms with Crippen LogP contribution >= 0.6 is 0 Å². The second-order valence-electron chi connectivity index (χ2n) is 5.40. The summed E-state index contributed by atoms with van der Waals surface area (Å²) in [7, 11) is 1.94. The largest absolute Gasteiger partial charge is 0.373 e. The van der Waals surface area contributed by atoms with Crippen LogP contribution in [0.2, 0.25) is 0 Å². The number of para-hydroxylation sites is 1. The minimum absolute atomic E-state index is 0.479. The van der Waals surface area contributed by atoms with E-state index in [4.69, 9.17) is 4.98 Å². The number of anilines is 1. The van der Waals surface area contributed by atoms with Gasteiger partial charge in [0, 0.05) is 12.4 Å². The highest BCUT2D eigenvalue weighted by atomic mass is 15.0. The summed E-state index contributed by atoms with van der Waals surface area (Å²) in [5.41, 5.74) is 3.73. The molecule has 0 bridgehead atoms. The average Bonchev–Trinajstić information content (AvgIpc) is 2.35. The van der Waals surface area contributed by atoms with Crippen molar-refractivity contribution >= 4 is 16.7 Å². The Labute approximate surface area is 109 Å². The van der Waals surface area contributed by atoms with Gasteiger partial charge in [0.05, 0.1) is 5.52 Å². The van der Waals surface area contributed by atoms with Gasteiger partial charge in [-0.25, -0.2) is 4.98 Å². The second kappa shape index (κ2) is 4.97. The molecule has 1 aromatic carbocycles. The number of rotatable bonds is 3. The summed E-state index contributed by atoms with van der Waals surface area (Å²) in [6.45, 7) is 8.84. The maximum absolute atomic E-state index is 4.82. The van der Waals surface area contributed by atoms with Gasteiger partial charge >= 0.3 is 0 Å². The SMILES string of the molecule is CNc1nc2c(C(C)C)cccc2cc1C(C)C. The van der Waals surface area contributed by atoms with Gasteiger partial charge < -0.3 is 5.32 Å². The standard InChI is InChI=1S/C16H22N2/c1-10(2)13-8-6-7-12-9-14(11(3)4)16(17-5)18-15(12)13/h6-11H,1-5H3,(H,17,18). The molecule has 2 heteroatoms. The molecule has 0 unspecified atom stereocenters. The van der Waals surface area contributed by atoms with Gasteiger partial charge in [-0.05, 0) is 29.0 Å². The molecule has 0 aliphatic heterocycles. The van der Waals surface area contributed by atoms with Crippen molar-refractivity contribution in [1.29, 1.82) is 0 Å². The summed E-state index contributed by atoms with van der Waals surface area (Å²) in [5.74, 6) is 1.98. The lowest BCUT2D eigenvalue weighted by Crippen LogP contribution is -2.02. The molecule has 1 N–H and O–H groups in total. The lowest BCUT2D eigenvalue weighted by atomic mass is 9.96. The molecular formula is C16H22N2. The van der Waals surface area contributed by atoms with Gasteiger partial charge in [0.1, 0.15) is 5.82 Å². The van der Waals surface area contributed by atoms with Gasteiger partial charge in [-0.1, -0.05) is 45.9 Å². The molecule has 0 spiro atoms. The van der Waals surface area contributed by atoms with E-state index in [-0.39, 0.29) is 0 Å². The van der Waals surface area contributed by atoms with Crippen molar-refractivity contribution in [3.63, 3.8) is 0 Å². The summed E-state index contributed by atoms with van der Waals surface area (Å²) >= 11 is 0. The van der Waals surface area contributed by atoms with Crippen molar-refractivity contribution < 1.29 is 0 Å². The number of benzene rings is 1. The van der Waals surface area contributed by atoms with Gasteiger partial charge in [0.25, 0.3) is 0 Å². The first-order chi connectivity index (χ1) is 8.54. The summed E-state index contributed by atoms with van der Waals surface area (Å²) in [4.78, 5) is 4.82. The maximum Gasteiger partial charge on any atom is 0.129 e.